The SMILES string of the molecule is Cc1c(Cc2ncco2)cc(=O)c2c(F)cccc2c1C(=O)N[C@H](c1ccc(F)c(F)c1)C1CCC1. The van der Waals surface area contributed by atoms with Gasteiger partial charge in [0.15, 0.2) is 23.0 Å². The summed E-state index contributed by atoms with van der Waals surface area (Å²) in [6.07, 6.45) is 5.61. The molecule has 1 fully saturated rings. The number of nitrogens with one attached hydrogen (secondary N) is 1. The summed E-state index contributed by atoms with van der Waals surface area (Å²) in [4.78, 5) is 31.0. The first-order valence-electron chi connectivity index (χ1n) is 11.7. The Kier molecular flexibility index (Phi) is 6.35. The summed E-state index contributed by atoms with van der Waals surface area (Å²) >= 11 is 0. The van der Waals surface area contributed by atoms with Crippen molar-refractivity contribution in [3.05, 3.63) is 111 Å². The summed E-state index contributed by atoms with van der Waals surface area (Å²) in [6.45, 7) is 1.69. The molecule has 0 unspecified atom stereocenters. The highest BCUT2D eigenvalue weighted by Crippen LogP contribution is 2.38. The zero-order valence-corrected chi connectivity index (χ0v) is 19.5. The van der Waals surface area contributed by atoms with Gasteiger partial charge in [-0.05, 0) is 66.6 Å². The van der Waals surface area contributed by atoms with Gasteiger partial charge in [-0.1, -0.05) is 24.6 Å². The van der Waals surface area contributed by atoms with E-state index in [4.69, 9.17) is 4.42 Å². The molecular weight excluding hydrogens is 469 g/mol. The van der Waals surface area contributed by atoms with Gasteiger partial charge in [-0.15, -0.1) is 0 Å². The molecule has 0 saturated heterocycles. The molecule has 3 aromatic carbocycles. The third-order valence-electron chi connectivity index (χ3n) is 6.95. The summed E-state index contributed by atoms with van der Waals surface area (Å²) in [5, 5.41) is 2.95. The van der Waals surface area contributed by atoms with Crippen LogP contribution < -0.4 is 10.7 Å². The Balaban J connectivity index is 1.65. The van der Waals surface area contributed by atoms with E-state index < -0.39 is 34.8 Å². The van der Waals surface area contributed by atoms with Crippen LogP contribution in [-0.2, 0) is 6.42 Å². The summed E-state index contributed by atoms with van der Waals surface area (Å²) < 4.78 is 47.8. The molecule has 0 spiro atoms. The fraction of sp³-hybridized carbons (Fsp3) is 0.250. The van der Waals surface area contributed by atoms with Crippen LogP contribution in [0.3, 0.4) is 0 Å². The Morgan fingerprint density at radius 3 is 2.58 bits per heavy atom. The largest absolute Gasteiger partial charge is 0.449 e. The van der Waals surface area contributed by atoms with Gasteiger partial charge < -0.3 is 9.73 Å². The molecule has 36 heavy (non-hydrogen) atoms. The first-order chi connectivity index (χ1) is 17.3. The molecule has 1 aliphatic rings. The van der Waals surface area contributed by atoms with Crippen molar-refractivity contribution in [2.45, 2.75) is 38.6 Å². The van der Waals surface area contributed by atoms with Crippen molar-refractivity contribution in [1.82, 2.24) is 10.3 Å². The molecule has 184 valence electrons. The van der Waals surface area contributed by atoms with Crippen molar-refractivity contribution in [3.8, 4) is 0 Å². The second-order valence-electron chi connectivity index (χ2n) is 9.11. The van der Waals surface area contributed by atoms with E-state index in [1.807, 2.05) is 0 Å². The Labute approximate surface area is 205 Å². The number of hydrogen-bond donors (Lipinski definition) is 1. The third kappa shape index (κ3) is 4.39. The van der Waals surface area contributed by atoms with E-state index >= 15 is 0 Å². The number of oxazole rings is 1. The zero-order chi connectivity index (χ0) is 25.4. The van der Waals surface area contributed by atoms with Crippen molar-refractivity contribution in [1.29, 1.82) is 0 Å². The Morgan fingerprint density at radius 1 is 1.11 bits per heavy atom. The molecule has 1 atom stereocenters. The molecular formula is C28H23F3N2O3. The van der Waals surface area contributed by atoms with Gasteiger partial charge in [0.05, 0.1) is 23.2 Å². The number of nitrogens with zero attached hydrogens (tertiary/aromatic N) is 1. The number of benzene rings is 2. The standard InChI is InChI=1S/C28H23F3N2O3/c1-15-18(14-24-32-10-11-36-24)13-23(34)26-19(6-3-7-21(26)30)25(15)28(35)33-27(16-4-2-5-16)17-8-9-20(29)22(31)12-17/h3,6-13,16,27H,2,4-5,14H2,1H3,(H,33,35)/t27-/m0/s1. The van der Waals surface area contributed by atoms with E-state index in [2.05, 4.69) is 10.3 Å². The van der Waals surface area contributed by atoms with E-state index in [9.17, 15) is 22.8 Å². The molecule has 5 nitrogen and oxygen atoms in total. The zero-order valence-electron chi connectivity index (χ0n) is 19.5. The second-order valence-corrected chi connectivity index (χ2v) is 9.11. The lowest BCUT2D eigenvalue weighted by molar-refractivity contribution is 0.0901. The van der Waals surface area contributed by atoms with Crippen LogP contribution in [0.5, 0.6) is 0 Å². The minimum Gasteiger partial charge on any atom is -0.449 e. The molecule has 1 amide bonds. The van der Waals surface area contributed by atoms with Crippen LogP contribution in [0, 0.1) is 30.3 Å². The number of hydrogen-bond acceptors (Lipinski definition) is 4. The minimum absolute atomic E-state index is 0.0430. The Morgan fingerprint density at radius 2 is 1.92 bits per heavy atom. The lowest BCUT2D eigenvalue weighted by Gasteiger charge is -2.35. The fourth-order valence-electron chi connectivity index (χ4n) is 4.83. The Hall–Kier alpha value is -3.94. The van der Waals surface area contributed by atoms with Gasteiger partial charge in [0.25, 0.3) is 5.91 Å². The molecule has 1 heterocycles. The van der Waals surface area contributed by atoms with Crippen LogP contribution in [0.1, 0.15) is 58.2 Å². The van der Waals surface area contributed by atoms with Gasteiger partial charge in [-0.25, -0.2) is 18.2 Å². The van der Waals surface area contributed by atoms with Gasteiger partial charge in [0.2, 0.25) is 0 Å². The number of carbonyl (C=O) groups is 1. The van der Waals surface area contributed by atoms with Crippen LogP contribution in [0.15, 0.2) is 64.1 Å². The molecule has 8 heteroatoms. The van der Waals surface area contributed by atoms with Gasteiger partial charge in [-0.2, -0.15) is 0 Å². The average Bonchev–Trinajstić information content (AvgIpc) is 3.28. The molecule has 0 aliphatic heterocycles. The lowest BCUT2D eigenvalue weighted by atomic mass is 9.77. The number of aromatic nitrogens is 1. The first kappa shape index (κ1) is 23.8. The molecule has 5 rings (SSSR count). The smallest absolute Gasteiger partial charge is 0.252 e. The molecule has 0 bridgehead atoms. The predicted molar refractivity (Wildman–Crippen MR) is 128 cm³/mol. The summed E-state index contributed by atoms with van der Waals surface area (Å²) in [7, 11) is 0. The van der Waals surface area contributed by atoms with Crippen LogP contribution in [0.25, 0.3) is 10.8 Å². The van der Waals surface area contributed by atoms with Crippen LogP contribution >= 0.6 is 0 Å². The highest BCUT2D eigenvalue weighted by molar-refractivity contribution is 6.08. The van der Waals surface area contributed by atoms with E-state index in [0.717, 1.165) is 31.4 Å². The maximum absolute atomic E-state index is 14.9. The van der Waals surface area contributed by atoms with E-state index in [1.165, 1.54) is 42.8 Å². The van der Waals surface area contributed by atoms with Crippen molar-refractivity contribution in [2.75, 3.05) is 0 Å². The molecule has 1 N–H and O–H groups in total. The molecule has 1 aromatic heterocycles. The lowest BCUT2D eigenvalue weighted by Crippen LogP contribution is -2.36. The van der Waals surface area contributed by atoms with Gasteiger partial charge in [0.1, 0.15) is 12.1 Å². The van der Waals surface area contributed by atoms with E-state index in [1.54, 1.807) is 6.92 Å². The topological polar surface area (TPSA) is 72.2 Å². The summed E-state index contributed by atoms with van der Waals surface area (Å²) in [5.41, 5.74) is 0.963. The fourth-order valence-corrected chi connectivity index (χ4v) is 4.83. The average molecular weight is 492 g/mol. The van der Waals surface area contributed by atoms with Gasteiger partial charge in [0, 0.05) is 11.8 Å². The van der Waals surface area contributed by atoms with Gasteiger partial charge >= 0.3 is 0 Å². The van der Waals surface area contributed by atoms with Crippen LogP contribution in [0.2, 0.25) is 0 Å². The maximum atomic E-state index is 14.9. The monoisotopic (exact) mass is 492 g/mol. The quantitative estimate of drug-likeness (QED) is 0.371. The second kappa shape index (κ2) is 9.60. The molecule has 0 radical (unpaired) electrons. The third-order valence-corrected chi connectivity index (χ3v) is 6.95. The summed E-state index contributed by atoms with van der Waals surface area (Å²) in [5.74, 6) is -2.85. The number of amides is 1. The summed E-state index contributed by atoms with van der Waals surface area (Å²) in [6, 6.07) is 8.48. The highest BCUT2D eigenvalue weighted by atomic mass is 19.2. The normalized spacial score (nSPS) is 14.4. The number of carbonyl (C=O) groups excluding carboxylic acids is 1. The highest BCUT2D eigenvalue weighted by Gasteiger charge is 2.31. The van der Waals surface area contributed by atoms with Crippen molar-refractivity contribution in [2.24, 2.45) is 5.92 Å². The van der Waals surface area contributed by atoms with Crippen LogP contribution in [-0.4, -0.2) is 10.9 Å². The van der Waals surface area contributed by atoms with Crippen LogP contribution in [0.4, 0.5) is 13.2 Å². The molecule has 4 aromatic rings. The van der Waals surface area contributed by atoms with E-state index in [-0.39, 0.29) is 28.7 Å². The van der Waals surface area contributed by atoms with Crippen molar-refractivity contribution < 1.29 is 22.4 Å². The number of fused-ring (bicyclic) bond motifs is 1. The first-order valence-corrected chi connectivity index (χ1v) is 11.7. The minimum atomic E-state index is -0.995. The Bertz CT molecular complexity index is 1520. The molecule has 1 aliphatic carbocycles. The van der Waals surface area contributed by atoms with Crippen molar-refractivity contribution >= 4 is 16.7 Å². The van der Waals surface area contributed by atoms with Crippen molar-refractivity contribution in [3.63, 3.8) is 0 Å². The van der Waals surface area contributed by atoms with E-state index in [0.29, 0.717) is 22.6 Å². The maximum Gasteiger partial charge on any atom is 0.252 e. The van der Waals surface area contributed by atoms with Gasteiger partial charge in [-0.3, -0.25) is 9.59 Å². The molecule has 1 saturated carbocycles. The number of halogens is 3. The number of rotatable bonds is 6. The predicted octanol–water partition coefficient (Wildman–Crippen LogP) is 5.78.